The minimum atomic E-state index is -0.494. The topological polar surface area (TPSA) is 96.7 Å². The quantitative estimate of drug-likeness (QED) is 0.622. The molecule has 9 nitrogen and oxygen atoms in total. The number of carbonyl (C=O) groups is 1. The van der Waals surface area contributed by atoms with Crippen LogP contribution in [0.2, 0.25) is 0 Å². The zero-order valence-electron chi connectivity index (χ0n) is 18.9. The molecule has 1 unspecified atom stereocenters. The highest BCUT2D eigenvalue weighted by Crippen LogP contribution is 2.36. The first-order chi connectivity index (χ1) is 16.1. The first kappa shape index (κ1) is 21.5. The Morgan fingerprint density at radius 1 is 1.21 bits per heavy atom. The fraction of sp³-hybridized carbons (Fsp3) is 0.458. The number of fused-ring (bicyclic) bond motifs is 4. The van der Waals surface area contributed by atoms with Crippen molar-refractivity contribution in [3.8, 4) is 22.9 Å². The predicted molar refractivity (Wildman–Crippen MR) is 121 cm³/mol. The van der Waals surface area contributed by atoms with Crippen LogP contribution in [-0.4, -0.2) is 47.2 Å². The number of amides is 1. The summed E-state index contributed by atoms with van der Waals surface area (Å²) in [5.41, 5.74) is 3.21. The normalized spacial score (nSPS) is 21.5. The van der Waals surface area contributed by atoms with Gasteiger partial charge in [-0.05, 0) is 50.5 Å². The number of benzene rings is 1. The van der Waals surface area contributed by atoms with Gasteiger partial charge in [-0.25, -0.2) is 14.5 Å². The molecule has 0 radical (unpaired) electrons. The van der Waals surface area contributed by atoms with Gasteiger partial charge in [0.05, 0.1) is 24.3 Å². The highest BCUT2D eigenvalue weighted by molar-refractivity contribution is 5.94. The molecule has 3 aromatic rings. The molecule has 9 heteroatoms. The van der Waals surface area contributed by atoms with E-state index in [-0.39, 0.29) is 18.9 Å². The summed E-state index contributed by atoms with van der Waals surface area (Å²) < 4.78 is 24.9. The van der Waals surface area contributed by atoms with E-state index in [1.165, 1.54) is 0 Å². The number of pyridine rings is 1. The average molecular weight is 453 g/mol. The van der Waals surface area contributed by atoms with Gasteiger partial charge >= 0.3 is 6.09 Å². The van der Waals surface area contributed by atoms with Gasteiger partial charge in [0, 0.05) is 36.7 Å². The molecule has 2 aromatic heterocycles. The van der Waals surface area contributed by atoms with Crippen molar-refractivity contribution in [3.05, 3.63) is 36.0 Å². The maximum Gasteiger partial charge on any atom is 0.407 e. The number of nitrogens with zero attached hydrogens (tertiary/aromatic N) is 3. The van der Waals surface area contributed by atoms with E-state index in [0.29, 0.717) is 24.4 Å². The Kier molecular flexibility index (Phi) is 6.04. The molecule has 2 atom stereocenters. The Balaban J connectivity index is 1.65. The first-order valence-electron chi connectivity index (χ1n) is 11.4. The third-order valence-electron chi connectivity index (χ3n) is 6.01. The summed E-state index contributed by atoms with van der Waals surface area (Å²) in [5.74, 6) is 1.16. The number of aromatic nitrogens is 3. The van der Waals surface area contributed by atoms with Gasteiger partial charge in [-0.1, -0.05) is 0 Å². The van der Waals surface area contributed by atoms with Gasteiger partial charge < -0.3 is 24.3 Å². The van der Waals surface area contributed by atoms with Crippen molar-refractivity contribution in [2.45, 2.75) is 51.5 Å². The monoisotopic (exact) mass is 452 g/mol. The van der Waals surface area contributed by atoms with Crippen LogP contribution >= 0.6 is 0 Å². The number of cyclic esters (lactones) is 1. The van der Waals surface area contributed by atoms with Crippen LogP contribution in [0.1, 0.15) is 44.4 Å². The Labute approximate surface area is 192 Å². The van der Waals surface area contributed by atoms with Crippen LogP contribution in [0.15, 0.2) is 30.5 Å². The number of hydrogen-bond acceptors (Lipinski definition) is 7. The Morgan fingerprint density at radius 3 is 2.94 bits per heavy atom. The number of alkyl carbamates (subject to hydrolysis) is 1. The summed E-state index contributed by atoms with van der Waals surface area (Å²) in [5, 5.41) is 8.68. The summed E-state index contributed by atoms with van der Waals surface area (Å²) >= 11 is 0. The van der Waals surface area contributed by atoms with Crippen molar-refractivity contribution >= 4 is 17.0 Å². The largest absolute Gasteiger partial charge is 0.491 e. The smallest absolute Gasteiger partial charge is 0.407 e. The maximum atomic E-state index is 12.1. The van der Waals surface area contributed by atoms with Gasteiger partial charge in [-0.2, -0.15) is 5.10 Å². The van der Waals surface area contributed by atoms with Crippen molar-refractivity contribution in [1.29, 1.82) is 0 Å². The molecule has 1 aromatic carbocycles. The van der Waals surface area contributed by atoms with E-state index in [9.17, 15) is 4.79 Å². The SMILES string of the molecule is COc1ncc2cc1COC(=O)NCC[C@@H](C)Oc1ccc3c(c1)c-2nn3C1CCCCO1. The van der Waals surface area contributed by atoms with E-state index < -0.39 is 6.09 Å². The first-order valence-corrected chi connectivity index (χ1v) is 11.4. The zero-order chi connectivity index (χ0) is 22.8. The summed E-state index contributed by atoms with van der Waals surface area (Å²) in [7, 11) is 1.55. The van der Waals surface area contributed by atoms with Crippen LogP contribution in [0.5, 0.6) is 11.6 Å². The Hall–Kier alpha value is -3.33. The number of rotatable bonds is 2. The number of carbonyl (C=O) groups excluding carboxylic acids is 1. The molecule has 174 valence electrons. The number of hydrogen-bond donors (Lipinski definition) is 1. The van der Waals surface area contributed by atoms with E-state index in [4.69, 9.17) is 24.0 Å². The van der Waals surface area contributed by atoms with Gasteiger partial charge in [0.1, 0.15) is 18.1 Å². The van der Waals surface area contributed by atoms with Crippen LogP contribution in [0.25, 0.3) is 22.2 Å². The van der Waals surface area contributed by atoms with Gasteiger partial charge in [-0.3, -0.25) is 0 Å². The van der Waals surface area contributed by atoms with Crippen LogP contribution in [-0.2, 0) is 16.1 Å². The van der Waals surface area contributed by atoms with Gasteiger partial charge in [0.15, 0.2) is 6.23 Å². The van der Waals surface area contributed by atoms with Crippen molar-refractivity contribution < 1.29 is 23.7 Å². The van der Waals surface area contributed by atoms with Crippen LogP contribution in [0, 0.1) is 0 Å². The fourth-order valence-electron chi connectivity index (χ4n) is 4.32. The second-order valence-corrected chi connectivity index (χ2v) is 8.41. The summed E-state index contributed by atoms with van der Waals surface area (Å²) in [6, 6.07) is 7.92. The highest BCUT2D eigenvalue weighted by Gasteiger charge is 2.23. The van der Waals surface area contributed by atoms with Crippen LogP contribution < -0.4 is 14.8 Å². The average Bonchev–Trinajstić information content (AvgIpc) is 3.21. The maximum absolute atomic E-state index is 12.1. The molecule has 0 aliphatic carbocycles. The minimum Gasteiger partial charge on any atom is -0.491 e. The molecule has 4 bridgehead atoms. The number of methoxy groups -OCH3 is 1. The third-order valence-corrected chi connectivity index (χ3v) is 6.01. The van der Waals surface area contributed by atoms with Crippen molar-refractivity contribution in [3.63, 3.8) is 0 Å². The molecule has 1 saturated heterocycles. The van der Waals surface area contributed by atoms with Crippen molar-refractivity contribution in [2.24, 2.45) is 0 Å². The van der Waals surface area contributed by atoms with E-state index in [1.54, 1.807) is 13.3 Å². The summed E-state index contributed by atoms with van der Waals surface area (Å²) in [4.78, 5) is 16.6. The Morgan fingerprint density at radius 2 is 2.12 bits per heavy atom. The van der Waals surface area contributed by atoms with E-state index >= 15 is 0 Å². The van der Waals surface area contributed by atoms with Gasteiger partial charge in [0.25, 0.3) is 0 Å². The minimum absolute atomic E-state index is 0.0392. The molecule has 1 N–H and O–H groups in total. The second-order valence-electron chi connectivity index (χ2n) is 8.41. The van der Waals surface area contributed by atoms with E-state index in [0.717, 1.165) is 53.8 Å². The third kappa shape index (κ3) is 4.45. The molecule has 2 aliphatic rings. The van der Waals surface area contributed by atoms with Crippen LogP contribution in [0.4, 0.5) is 4.79 Å². The Bertz CT molecular complexity index is 1160. The molecule has 0 spiro atoms. The molecular formula is C24H28N4O5. The molecule has 0 saturated carbocycles. The number of nitrogens with one attached hydrogen (secondary N) is 1. The number of ether oxygens (including phenoxy) is 4. The lowest BCUT2D eigenvalue weighted by Gasteiger charge is -2.23. The van der Waals surface area contributed by atoms with Crippen LogP contribution in [0.3, 0.4) is 0 Å². The molecule has 33 heavy (non-hydrogen) atoms. The summed E-state index contributed by atoms with van der Waals surface area (Å²) in [6.07, 6.45) is 4.77. The molecule has 4 heterocycles. The van der Waals surface area contributed by atoms with Gasteiger partial charge in [0.2, 0.25) is 5.88 Å². The standard InChI is InChI=1S/C24H28N4O5/c1-15-8-9-25-24(29)32-14-17-11-16(13-26-23(17)30-2)22-19-12-18(33-15)6-7-20(19)28(27-22)21-5-3-4-10-31-21/h6-7,11-13,15,21H,3-5,8-10,14H2,1-2H3,(H,25,29)/t15-,21?/m1/s1. The lowest BCUT2D eigenvalue weighted by Crippen LogP contribution is -2.28. The second kappa shape index (κ2) is 9.27. The fourth-order valence-corrected chi connectivity index (χ4v) is 4.32. The van der Waals surface area contributed by atoms with Crippen molar-refractivity contribution in [1.82, 2.24) is 20.1 Å². The van der Waals surface area contributed by atoms with E-state index in [2.05, 4.69) is 10.3 Å². The lowest BCUT2D eigenvalue weighted by molar-refractivity contribution is -0.0365. The molecule has 5 rings (SSSR count). The molecule has 1 fully saturated rings. The summed E-state index contributed by atoms with van der Waals surface area (Å²) in [6.45, 7) is 3.19. The highest BCUT2D eigenvalue weighted by atomic mass is 16.5. The zero-order valence-corrected chi connectivity index (χ0v) is 18.9. The van der Waals surface area contributed by atoms with E-state index in [1.807, 2.05) is 35.9 Å². The molecular weight excluding hydrogens is 424 g/mol. The van der Waals surface area contributed by atoms with Gasteiger partial charge in [-0.15, -0.1) is 0 Å². The van der Waals surface area contributed by atoms with Crippen molar-refractivity contribution in [2.75, 3.05) is 20.3 Å². The molecule has 2 aliphatic heterocycles. The lowest BCUT2D eigenvalue weighted by atomic mass is 10.1. The molecule has 1 amide bonds. The predicted octanol–water partition coefficient (Wildman–Crippen LogP) is 4.20.